The van der Waals surface area contributed by atoms with Gasteiger partial charge >= 0.3 is 0 Å². The summed E-state index contributed by atoms with van der Waals surface area (Å²) >= 11 is 0. The number of pyridine rings is 1. The summed E-state index contributed by atoms with van der Waals surface area (Å²) < 4.78 is 0. The zero-order chi connectivity index (χ0) is 13.9. The molecule has 0 bridgehead atoms. The Bertz CT molecular complexity index is 475. The first-order valence-corrected chi connectivity index (χ1v) is 7.24. The lowest BCUT2D eigenvalue weighted by atomic mass is 9.97. The van der Waals surface area contributed by atoms with Crippen LogP contribution in [0, 0.1) is 0 Å². The normalized spacial score (nSPS) is 26.1. The van der Waals surface area contributed by atoms with Gasteiger partial charge in [0.2, 0.25) is 0 Å². The fourth-order valence-electron chi connectivity index (χ4n) is 3.23. The van der Waals surface area contributed by atoms with Gasteiger partial charge in [0.05, 0.1) is 11.9 Å². The van der Waals surface area contributed by atoms with Crippen LogP contribution in [-0.2, 0) is 0 Å². The minimum Gasteiger partial charge on any atom is -0.348 e. The summed E-state index contributed by atoms with van der Waals surface area (Å²) in [7, 11) is 0. The molecule has 0 spiro atoms. The second kappa shape index (κ2) is 5.76. The number of fused-ring (bicyclic) bond motifs is 1. The Kier molecular flexibility index (Phi) is 3.84. The molecule has 3 rings (SSSR count). The number of carbonyl (C=O) groups is 1. The third-order valence-corrected chi connectivity index (χ3v) is 4.32. The van der Waals surface area contributed by atoms with Crippen molar-refractivity contribution in [3.05, 3.63) is 24.0 Å². The molecule has 1 aromatic heterocycles. The molecule has 6 nitrogen and oxygen atoms in total. The molecule has 6 heteroatoms. The molecule has 2 fully saturated rings. The van der Waals surface area contributed by atoms with Crippen molar-refractivity contribution in [2.24, 2.45) is 5.84 Å². The Morgan fingerprint density at radius 2 is 2.25 bits per heavy atom. The van der Waals surface area contributed by atoms with Crippen molar-refractivity contribution in [1.82, 2.24) is 15.2 Å². The maximum atomic E-state index is 12.2. The van der Waals surface area contributed by atoms with Gasteiger partial charge in [0.25, 0.3) is 5.91 Å². The van der Waals surface area contributed by atoms with E-state index >= 15 is 0 Å². The van der Waals surface area contributed by atoms with E-state index in [0.717, 1.165) is 19.4 Å². The van der Waals surface area contributed by atoms with Gasteiger partial charge < -0.3 is 15.6 Å². The van der Waals surface area contributed by atoms with Crippen LogP contribution < -0.4 is 16.6 Å². The lowest BCUT2D eigenvalue weighted by Gasteiger charge is -2.35. The van der Waals surface area contributed by atoms with Gasteiger partial charge in [0.15, 0.2) is 0 Å². The first-order valence-electron chi connectivity index (χ1n) is 7.24. The SMILES string of the molecule is NNc1ccc(C(=O)NC2CCN3CCCC3C2)nc1. The Labute approximate surface area is 118 Å². The second-order valence-electron chi connectivity index (χ2n) is 5.60. The van der Waals surface area contributed by atoms with Crippen LogP contribution in [0.3, 0.4) is 0 Å². The van der Waals surface area contributed by atoms with Crippen molar-refractivity contribution >= 4 is 11.6 Å². The molecule has 2 aliphatic rings. The van der Waals surface area contributed by atoms with Gasteiger partial charge in [-0.2, -0.15) is 0 Å². The van der Waals surface area contributed by atoms with Crippen LogP contribution in [0.1, 0.15) is 36.2 Å². The zero-order valence-electron chi connectivity index (χ0n) is 11.5. The molecule has 2 aliphatic heterocycles. The maximum Gasteiger partial charge on any atom is 0.270 e. The van der Waals surface area contributed by atoms with E-state index in [1.807, 2.05) is 0 Å². The highest BCUT2D eigenvalue weighted by atomic mass is 16.1. The Morgan fingerprint density at radius 1 is 1.35 bits per heavy atom. The second-order valence-corrected chi connectivity index (χ2v) is 5.60. The van der Waals surface area contributed by atoms with Gasteiger partial charge in [-0.25, -0.2) is 4.98 Å². The number of nitrogens with two attached hydrogens (primary N) is 1. The van der Waals surface area contributed by atoms with Gasteiger partial charge in [-0.3, -0.25) is 10.6 Å². The van der Waals surface area contributed by atoms with Crippen LogP contribution in [-0.4, -0.2) is 41.0 Å². The largest absolute Gasteiger partial charge is 0.348 e. The van der Waals surface area contributed by atoms with Crippen LogP contribution in [0.4, 0.5) is 5.69 Å². The van der Waals surface area contributed by atoms with Crippen LogP contribution in [0.15, 0.2) is 18.3 Å². The molecular formula is C14H21N5O. The van der Waals surface area contributed by atoms with Crippen LogP contribution in [0.25, 0.3) is 0 Å². The highest BCUT2D eigenvalue weighted by Gasteiger charge is 2.32. The van der Waals surface area contributed by atoms with Gasteiger partial charge in [-0.1, -0.05) is 0 Å². The molecule has 2 saturated heterocycles. The summed E-state index contributed by atoms with van der Waals surface area (Å²) in [5.74, 6) is 5.19. The van der Waals surface area contributed by atoms with Crippen molar-refractivity contribution in [3.63, 3.8) is 0 Å². The number of hydrogen-bond donors (Lipinski definition) is 3. The van der Waals surface area contributed by atoms with Gasteiger partial charge in [-0.05, 0) is 44.4 Å². The summed E-state index contributed by atoms with van der Waals surface area (Å²) in [4.78, 5) is 18.8. The van der Waals surface area contributed by atoms with Crippen molar-refractivity contribution < 1.29 is 4.79 Å². The van der Waals surface area contributed by atoms with E-state index in [1.54, 1.807) is 18.3 Å². The third kappa shape index (κ3) is 2.76. The Morgan fingerprint density at radius 3 is 3.00 bits per heavy atom. The van der Waals surface area contributed by atoms with E-state index in [0.29, 0.717) is 17.4 Å². The zero-order valence-corrected chi connectivity index (χ0v) is 11.5. The molecule has 3 heterocycles. The third-order valence-electron chi connectivity index (χ3n) is 4.32. The van der Waals surface area contributed by atoms with E-state index in [4.69, 9.17) is 5.84 Å². The number of nitrogens with zero attached hydrogens (tertiary/aromatic N) is 2. The molecule has 0 saturated carbocycles. The van der Waals surface area contributed by atoms with Crippen LogP contribution in [0.5, 0.6) is 0 Å². The molecule has 0 radical (unpaired) electrons. The topological polar surface area (TPSA) is 83.3 Å². The van der Waals surface area contributed by atoms with Crippen LogP contribution in [0.2, 0.25) is 0 Å². The van der Waals surface area contributed by atoms with Crippen molar-refractivity contribution in [2.75, 3.05) is 18.5 Å². The lowest BCUT2D eigenvalue weighted by molar-refractivity contribution is 0.0891. The molecule has 2 unspecified atom stereocenters. The monoisotopic (exact) mass is 275 g/mol. The molecule has 4 N–H and O–H groups in total. The van der Waals surface area contributed by atoms with Crippen molar-refractivity contribution in [3.8, 4) is 0 Å². The Hall–Kier alpha value is -1.66. The first-order chi connectivity index (χ1) is 9.76. The number of hydrogen-bond acceptors (Lipinski definition) is 5. The van der Waals surface area contributed by atoms with Gasteiger partial charge in [0, 0.05) is 18.6 Å². The predicted octanol–water partition coefficient (Wildman–Crippen LogP) is 0.724. The average Bonchev–Trinajstić information content (AvgIpc) is 2.95. The standard InChI is InChI=1S/C14H21N5O/c15-18-11-3-4-13(16-9-11)14(20)17-10-5-7-19-6-1-2-12(19)8-10/h3-4,9-10,12,18H,1-2,5-8,15H2,(H,17,20). The maximum absolute atomic E-state index is 12.2. The van der Waals surface area contributed by atoms with Crippen molar-refractivity contribution in [2.45, 2.75) is 37.8 Å². The number of carbonyl (C=O) groups excluding carboxylic acids is 1. The summed E-state index contributed by atoms with van der Waals surface area (Å²) in [6, 6.07) is 4.37. The minimum absolute atomic E-state index is 0.0926. The number of rotatable bonds is 3. The molecule has 0 aliphatic carbocycles. The summed E-state index contributed by atoms with van der Waals surface area (Å²) in [5, 5.41) is 3.11. The summed E-state index contributed by atoms with van der Waals surface area (Å²) in [6.45, 7) is 2.32. The highest BCUT2D eigenvalue weighted by molar-refractivity contribution is 5.92. The number of amides is 1. The fourth-order valence-corrected chi connectivity index (χ4v) is 3.23. The lowest BCUT2D eigenvalue weighted by Crippen LogP contribution is -2.47. The summed E-state index contributed by atoms with van der Waals surface area (Å²) in [5.41, 5.74) is 3.64. The first kappa shape index (κ1) is 13.3. The number of nitrogen functional groups attached to an aromatic ring is 1. The predicted molar refractivity (Wildman–Crippen MR) is 77.1 cm³/mol. The molecule has 20 heavy (non-hydrogen) atoms. The quantitative estimate of drug-likeness (QED) is 0.559. The van der Waals surface area contributed by atoms with Gasteiger partial charge in [-0.15, -0.1) is 0 Å². The molecule has 1 amide bonds. The van der Waals surface area contributed by atoms with E-state index in [-0.39, 0.29) is 11.9 Å². The number of nitrogens with one attached hydrogen (secondary N) is 2. The van der Waals surface area contributed by atoms with Gasteiger partial charge in [0.1, 0.15) is 5.69 Å². The Balaban J connectivity index is 1.58. The highest BCUT2D eigenvalue weighted by Crippen LogP contribution is 2.26. The fraction of sp³-hybridized carbons (Fsp3) is 0.571. The minimum atomic E-state index is -0.0926. The van der Waals surface area contributed by atoms with Crippen LogP contribution >= 0.6 is 0 Å². The van der Waals surface area contributed by atoms with E-state index in [1.165, 1.54) is 19.4 Å². The van der Waals surface area contributed by atoms with E-state index in [2.05, 4.69) is 20.6 Å². The molecule has 0 aromatic carbocycles. The number of hydrazine groups is 1. The molecule has 2 atom stereocenters. The molecular weight excluding hydrogens is 254 g/mol. The number of aromatic nitrogens is 1. The summed E-state index contributed by atoms with van der Waals surface area (Å²) in [6.07, 6.45) is 6.22. The smallest absolute Gasteiger partial charge is 0.270 e. The number of anilines is 1. The molecule has 1 aromatic rings. The van der Waals surface area contributed by atoms with Crippen molar-refractivity contribution in [1.29, 1.82) is 0 Å². The average molecular weight is 275 g/mol. The van der Waals surface area contributed by atoms with E-state index < -0.39 is 0 Å². The van der Waals surface area contributed by atoms with E-state index in [9.17, 15) is 4.79 Å². The molecule has 108 valence electrons. The number of piperidine rings is 1.